The predicted molar refractivity (Wildman–Crippen MR) is 94.5 cm³/mol. The summed E-state index contributed by atoms with van der Waals surface area (Å²) in [5, 5.41) is 1.86. The molecule has 23 heavy (non-hydrogen) atoms. The summed E-state index contributed by atoms with van der Waals surface area (Å²) in [5.41, 5.74) is 5.34. The molecule has 1 aromatic heterocycles. The summed E-state index contributed by atoms with van der Waals surface area (Å²) in [7, 11) is 0. The molecule has 1 aliphatic carbocycles. The third kappa shape index (κ3) is 2.38. The minimum Gasteiger partial charge on any atom is -0.280 e. The highest BCUT2D eigenvalue weighted by Gasteiger charge is 2.24. The maximum atomic E-state index is 13.1. The normalized spacial score (nSPS) is 14.0. The molecule has 0 aliphatic heterocycles. The van der Waals surface area contributed by atoms with Crippen molar-refractivity contribution < 1.29 is 4.79 Å². The molecule has 0 N–H and O–H groups in total. The molecule has 0 bridgehead atoms. The molecule has 0 unspecified atom stereocenters. The summed E-state index contributed by atoms with van der Waals surface area (Å²) in [6, 6.07) is 13.6. The summed E-state index contributed by atoms with van der Waals surface area (Å²) in [6.45, 7) is 2.03. The van der Waals surface area contributed by atoms with Crippen molar-refractivity contribution in [2.45, 2.75) is 32.6 Å². The molecule has 0 fully saturated rings. The monoisotopic (exact) mass is 323 g/mol. The van der Waals surface area contributed by atoms with E-state index in [0.29, 0.717) is 0 Å². The van der Waals surface area contributed by atoms with E-state index in [1.807, 2.05) is 54.0 Å². The van der Waals surface area contributed by atoms with E-state index in [1.165, 1.54) is 17.7 Å². The first kappa shape index (κ1) is 14.5. The van der Waals surface area contributed by atoms with Crippen LogP contribution in [0.3, 0.4) is 0 Å². The van der Waals surface area contributed by atoms with Gasteiger partial charge in [0.25, 0.3) is 5.91 Å². The third-order valence-corrected chi connectivity index (χ3v) is 4.97. The first-order valence-corrected chi connectivity index (χ1v) is 8.46. The van der Waals surface area contributed by atoms with Gasteiger partial charge in [0, 0.05) is 21.7 Å². The number of halogens is 1. The van der Waals surface area contributed by atoms with E-state index < -0.39 is 0 Å². The van der Waals surface area contributed by atoms with Crippen molar-refractivity contribution in [3.05, 3.63) is 69.9 Å². The molecule has 0 saturated heterocycles. The number of hydrogen-bond donors (Lipinski definition) is 0. The van der Waals surface area contributed by atoms with Crippen LogP contribution < -0.4 is 0 Å². The summed E-state index contributed by atoms with van der Waals surface area (Å²) >= 11 is 6.19. The average Bonchev–Trinajstić information content (AvgIpc) is 2.89. The highest BCUT2D eigenvalue weighted by atomic mass is 35.5. The van der Waals surface area contributed by atoms with E-state index >= 15 is 0 Å². The highest BCUT2D eigenvalue weighted by Crippen LogP contribution is 2.34. The lowest BCUT2D eigenvalue weighted by atomic mass is 9.95. The first-order valence-electron chi connectivity index (χ1n) is 8.08. The van der Waals surface area contributed by atoms with Crippen molar-refractivity contribution in [3.8, 4) is 0 Å². The van der Waals surface area contributed by atoms with Crippen LogP contribution in [-0.4, -0.2) is 10.5 Å². The van der Waals surface area contributed by atoms with E-state index in [9.17, 15) is 4.79 Å². The third-order valence-electron chi connectivity index (χ3n) is 4.73. The maximum absolute atomic E-state index is 13.1. The number of aromatic nitrogens is 1. The van der Waals surface area contributed by atoms with Crippen LogP contribution in [-0.2, 0) is 12.8 Å². The Morgan fingerprint density at radius 1 is 1.04 bits per heavy atom. The molecule has 0 saturated carbocycles. The van der Waals surface area contributed by atoms with Gasteiger partial charge in [0.05, 0.1) is 5.52 Å². The average molecular weight is 324 g/mol. The van der Waals surface area contributed by atoms with Crippen LogP contribution in [0.15, 0.2) is 42.5 Å². The van der Waals surface area contributed by atoms with Gasteiger partial charge in [-0.1, -0.05) is 29.3 Å². The fourth-order valence-electron chi connectivity index (χ4n) is 3.57. The number of rotatable bonds is 1. The van der Waals surface area contributed by atoms with E-state index in [-0.39, 0.29) is 5.91 Å². The second-order valence-electron chi connectivity index (χ2n) is 6.30. The van der Waals surface area contributed by atoms with Crippen molar-refractivity contribution >= 4 is 28.4 Å². The predicted octanol–water partition coefficient (Wildman–Crippen LogP) is 5.17. The summed E-state index contributed by atoms with van der Waals surface area (Å²) < 4.78 is 1.91. The zero-order chi connectivity index (χ0) is 16.0. The Hall–Kier alpha value is -2.06. The van der Waals surface area contributed by atoms with Crippen molar-refractivity contribution in [3.63, 3.8) is 0 Å². The smallest absolute Gasteiger partial charge is 0.262 e. The summed E-state index contributed by atoms with van der Waals surface area (Å²) in [4.78, 5) is 13.1. The molecule has 2 nitrogen and oxygen atoms in total. The standard InChI is InChI=1S/C20H18ClNO/c1-13-6-8-14(9-7-13)20(23)22-18-5-3-2-4-16(18)17-12-15(21)10-11-19(17)22/h6-12H,2-5H2,1H3. The molecule has 0 atom stereocenters. The minimum atomic E-state index is 0.0560. The van der Waals surface area contributed by atoms with Crippen LogP contribution >= 0.6 is 11.6 Å². The number of fused-ring (bicyclic) bond motifs is 3. The van der Waals surface area contributed by atoms with Crippen LogP contribution in [0, 0.1) is 6.92 Å². The Morgan fingerprint density at radius 2 is 1.78 bits per heavy atom. The molecule has 4 rings (SSSR count). The van der Waals surface area contributed by atoms with Gasteiger partial charge in [-0.3, -0.25) is 9.36 Å². The maximum Gasteiger partial charge on any atom is 0.262 e. The molecule has 2 aromatic carbocycles. The number of carbonyl (C=O) groups is 1. The van der Waals surface area contributed by atoms with Crippen LogP contribution in [0.25, 0.3) is 10.9 Å². The molecule has 0 amide bonds. The van der Waals surface area contributed by atoms with E-state index in [1.54, 1.807) is 0 Å². The van der Waals surface area contributed by atoms with E-state index in [2.05, 4.69) is 0 Å². The highest BCUT2D eigenvalue weighted by molar-refractivity contribution is 6.31. The van der Waals surface area contributed by atoms with Crippen molar-refractivity contribution in [2.75, 3.05) is 0 Å². The van der Waals surface area contributed by atoms with Gasteiger partial charge in [-0.25, -0.2) is 0 Å². The van der Waals surface area contributed by atoms with Gasteiger partial charge in [0.2, 0.25) is 0 Å². The number of aryl methyl sites for hydroxylation is 2. The summed E-state index contributed by atoms with van der Waals surface area (Å²) in [5.74, 6) is 0.0560. The van der Waals surface area contributed by atoms with Crippen LogP contribution in [0.1, 0.15) is 40.0 Å². The Morgan fingerprint density at radius 3 is 2.57 bits per heavy atom. The van der Waals surface area contributed by atoms with Gasteiger partial charge >= 0.3 is 0 Å². The molecular weight excluding hydrogens is 306 g/mol. The second kappa shape index (κ2) is 5.54. The molecule has 116 valence electrons. The molecule has 1 heterocycles. The quantitative estimate of drug-likeness (QED) is 0.605. The van der Waals surface area contributed by atoms with E-state index in [0.717, 1.165) is 46.3 Å². The Labute approximate surface area is 140 Å². The SMILES string of the molecule is Cc1ccc(C(=O)n2c3c(c4cc(Cl)ccc42)CCCC3)cc1. The van der Waals surface area contributed by atoms with Gasteiger partial charge in [-0.2, -0.15) is 0 Å². The number of nitrogens with zero attached hydrogens (tertiary/aromatic N) is 1. The van der Waals surface area contributed by atoms with Gasteiger partial charge in [0.1, 0.15) is 0 Å². The lowest BCUT2D eigenvalue weighted by Crippen LogP contribution is -2.17. The lowest BCUT2D eigenvalue weighted by Gasteiger charge is -2.15. The zero-order valence-electron chi connectivity index (χ0n) is 13.1. The number of hydrogen-bond acceptors (Lipinski definition) is 1. The van der Waals surface area contributed by atoms with Crippen molar-refractivity contribution in [2.24, 2.45) is 0 Å². The Kier molecular flexibility index (Phi) is 3.50. The molecule has 1 aliphatic rings. The lowest BCUT2D eigenvalue weighted by molar-refractivity contribution is 0.0961. The molecule has 0 spiro atoms. The van der Waals surface area contributed by atoms with Crippen molar-refractivity contribution in [1.82, 2.24) is 4.57 Å². The van der Waals surface area contributed by atoms with Gasteiger partial charge in [-0.15, -0.1) is 0 Å². The van der Waals surface area contributed by atoms with Crippen LogP contribution in [0.5, 0.6) is 0 Å². The fourth-order valence-corrected chi connectivity index (χ4v) is 3.75. The first-order chi connectivity index (χ1) is 11.1. The largest absolute Gasteiger partial charge is 0.280 e. The Balaban J connectivity index is 1.95. The summed E-state index contributed by atoms with van der Waals surface area (Å²) in [6.07, 6.45) is 4.30. The van der Waals surface area contributed by atoms with Crippen LogP contribution in [0.4, 0.5) is 0 Å². The van der Waals surface area contributed by atoms with Gasteiger partial charge in [0.15, 0.2) is 0 Å². The van der Waals surface area contributed by atoms with Crippen molar-refractivity contribution in [1.29, 1.82) is 0 Å². The molecule has 3 aromatic rings. The Bertz CT molecular complexity index is 906. The van der Waals surface area contributed by atoms with E-state index in [4.69, 9.17) is 11.6 Å². The topological polar surface area (TPSA) is 22.0 Å². The second-order valence-corrected chi connectivity index (χ2v) is 6.74. The number of carbonyl (C=O) groups excluding carboxylic acids is 1. The molecule has 0 radical (unpaired) electrons. The number of benzene rings is 2. The molecular formula is C20H18ClNO. The van der Waals surface area contributed by atoms with Crippen LogP contribution in [0.2, 0.25) is 5.02 Å². The van der Waals surface area contributed by atoms with Gasteiger partial charge in [-0.05, 0) is 68.5 Å². The zero-order valence-corrected chi connectivity index (χ0v) is 13.9. The fraction of sp³-hybridized carbons (Fsp3) is 0.250. The molecule has 3 heteroatoms. The minimum absolute atomic E-state index is 0.0560. The van der Waals surface area contributed by atoms with Gasteiger partial charge < -0.3 is 0 Å².